The van der Waals surface area contributed by atoms with Gasteiger partial charge in [-0.1, -0.05) is 12.8 Å². The van der Waals surface area contributed by atoms with Crippen LogP contribution in [0.1, 0.15) is 51.4 Å². The summed E-state index contributed by atoms with van der Waals surface area (Å²) in [4.78, 5) is 25.7. The zero-order valence-electron chi connectivity index (χ0n) is 11.2. The molecule has 0 saturated heterocycles. The molecule has 2 unspecified atom stereocenters. The second kappa shape index (κ2) is 4.67. The highest BCUT2D eigenvalue weighted by Crippen LogP contribution is 2.56. The summed E-state index contributed by atoms with van der Waals surface area (Å²) < 4.78 is 0. The third kappa shape index (κ3) is 2.08. The van der Waals surface area contributed by atoms with Gasteiger partial charge in [0.05, 0.1) is 0 Å². The quantitative estimate of drug-likeness (QED) is 0.753. The zero-order valence-corrected chi connectivity index (χ0v) is 11.2. The lowest BCUT2D eigenvalue weighted by molar-refractivity contribution is -0.136. The lowest BCUT2D eigenvalue weighted by atomic mass is 9.93. The van der Waals surface area contributed by atoms with Gasteiger partial charge in [-0.3, -0.25) is 9.59 Å². The van der Waals surface area contributed by atoms with Crippen LogP contribution in [-0.4, -0.2) is 29.7 Å². The van der Waals surface area contributed by atoms with Crippen molar-refractivity contribution < 1.29 is 9.59 Å². The predicted molar refractivity (Wildman–Crippen MR) is 69.0 cm³/mol. The molecule has 0 aromatic heterocycles. The van der Waals surface area contributed by atoms with Crippen molar-refractivity contribution in [1.82, 2.24) is 4.90 Å². The SMILES string of the molecule is CN(C(=O)C1C2CCCCC21)C1CCC(=O)CC1. The monoisotopic (exact) mass is 249 g/mol. The average molecular weight is 249 g/mol. The van der Waals surface area contributed by atoms with Crippen molar-refractivity contribution in [1.29, 1.82) is 0 Å². The van der Waals surface area contributed by atoms with Gasteiger partial charge in [-0.05, 0) is 37.5 Å². The molecule has 0 heterocycles. The Morgan fingerprint density at radius 3 is 2.17 bits per heavy atom. The molecule has 3 aliphatic carbocycles. The van der Waals surface area contributed by atoms with E-state index in [1.807, 2.05) is 11.9 Å². The molecular weight excluding hydrogens is 226 g/mol. The van der Waals surface area contributed by atoms with Crippen molar-refractivity contribution in [2.24, 2.45) is 17.8 Å². The van der Waals surface area contributed by atoms with E-state index in [0.717, 1.165) is 12.8 Å². The molecule has 0 bridgehead atoms. The Labute approximate surface area is 109 Å². The Morgan fingerprint density at radius 1 is 1.06 bits per heavy atom. The van der Waals surface area contributed by atoms with Crippen molar-refractivity contribution in [2.75, 3.05) is 7.05 Å². The van der Waals surface area contributed by atoms with Crippen LogP contribution in [0.2, 0.25) is 0 Å². The van der Waals surface area contributed by atoms with Crippen LogP contribution in [0, 0.1) is 17.8 Å². The number of ketones is 1. The van der Waals surface area contributed by atoms with Gasteiger partial charge < -0.3 is 4.90 Å². The third-order valence-electron chi connectivity index (χ3n) is 5.35. The minimum Gasteiger partial charge on any atom is -0.342 e. The maximum atomic E-state index is 12.5. The van der Waals surface area contributed by atoms with E-state index in [1.165, 1.54) is 25.7 Å². The molecule has 18 heavy (non-hydrogen) atoms. The third-order valence-corrected chi connectivity index (χ3v) is 5.35. The van der Waals surface area contributed by atoms with Crippen molar-refractivity contribution >= 4 is 11.7 Å². The summed E-state index contributed by atoms with van der Waals surface area (Å²) in [6.45, 7) is 0. The second-order valence-corrected chi connectivity index (χ2v) is 6.36. The van der Waals surface area contributed by atoms with Crippen molar-refractivity contribution in [2.45, 2.75) is 57.4 Å². The van der Waals surface area contributed by atoms with Gasteiger partial charge in [0.15, 0.2) is 0 Å². The fourth-order valence-corrected chi connectivity index (χ4v) is 4.09. The normalized spacial score (nSPS) is 36.1. The van der Waals surface area contributed by atoms with Crippen LogP contribution in [0.5, 0.6) is 0 Å². The Kier molecular flexibility index (Phi) is 3.16. The molecule has 3 aliphatic rings. The van der Waals surface area contributed by atoms with E-state index in [4.69, 9.17) is 0 Å². The molecule has 0 aromatic carbocycles. The van der Waals surface area contributed by atoms with Gasteiger partial charge >= 0.3 is 0 Å². The first-order valence-corrected chi connectivity index (χ1v) is 7.47. The van der Waals surface area contributed by atoms with Crippen molar-refractivity contribution in [3.8, 4) is 0 Å². The molecule has 0 aromatic rings. The first-order valence-electron chi connectivity index (χ1n) is 7.47. The summed E-state index contributed by atoms with van der Waals surface area (Å²) in [6, 6.07) is 0.317. The molecule has 3 fully saturated rings. The molecule has 2 atom stereocenters. The summed E-state index contributed by atoms with van der Waals surface area (Å²) in [7, 11) is 1.95. The number of amides is 1. The number of rotatable bonds is 2. The number of fused-ring (bicyclic) bond motifs is 1. The summed E-state index contributed by atoms with van der Waals surface area (Å²) in [5.74, 6) is 2.45. The molecule has 1 amide bonds. The Bertz CT molecular complexity index is 344. The molecule has 100 valence electrons. The van der Waals surface area contributed by atoms with E-state index in [-0.39, 0.29) is 0 Å². The van der Waals surface area contributed by atoms with E-state index in [2.05, 4.69) is 0 Å². The van der Waals surface area contributed by atoms with Crippen LogP contribution in [0.15, 0.2) is 0 Å². The van der Waals surface area contributed by atoms with Gasteiger partial charge in [0, 0.05) is 31.8 Å². The average Bonchev–Trinajstić information content (AvgIpc) is 3.12. The topological polar surface area (TPSA) is 37.4 Å². The highest BCUT2D eigenvalue weighted by molar-refractivity contribution is 5.83. The van der Waals surface area contributed by atoms with Gasteiger partial charge in [0.2, 0.25) is 5.91 Å². The smallest absolute Gasteiger partial charge is 0.226 e. The number of carbonyl (C=O) groups excluding carboxylic acids is 2. The van der Waals surface area contributed by atoms with Crippen molar-refractivity contribution in [3.63, 3.8) is 0 Å². The van der Waals surface area contributed by atoms with Crippen LogP contribution >= 0.6 is 0 Å². The molecule has 0 N–H and O–H groups in total. The zero-order chi connectivity index (χ0) is 12.7. The fourth-order valence-electron chi connectivity index (χ4n) is 4.09. The van der Waals surface area contributed by atoms with E-state index in [9.17, 15) is 9.59 Å². The summed E-state index contributed by atoms with van der Waals surface area (Å²) in [6.07, 6.45) is 8.24. The number of Topliss-reactive ketones (excluding diaryl/α,β-unsaturated/α-hetero) is 1. The van der Waals surface area contributed by atoms with E-state index < -0.39 is 0 Å². The molecule has 3 nitrogen and oxygen atoms in total. The lowest BCUT2D eigenvalue weighted by Gasteiger charge is -2.31. The standard InChI is InChI=1S/C15H23NO2/c1-16(10-6-8-11(17)9-7-10)15(18)14-12-4-2-3-5-13(12)14/h10,12-14H,2-9H2,1H3. The summed E-state index contributed by atoms with van der Waals surface area (Å²) in [5.41, 5.74) is 0. The van der Waals surface area contributed by atoms with Crippen LogP contribution in [0.4, 0.5) is 0 Å². The minimum atomic E-state index is 0.317. The Balaban J connectivity index is 1.57. The first kappa shape index (κ1) is 12.2. The van der Waals surface area contributed by atoms with Gasteiger partial charge in [0.25, 0.3) is 0 Å². The summed E-state index contributed by atoms with van der Waals surface area (Å²) >= 11 is 0. The summed E-state index contributed by atoms with van der Waals surface area (Å²) in [5, 5.41) is 0. The van der Waals surface area contributed by atoms with E-state index in [0.29, 0.717) is 48.3 Å². The number of hydrogen-bond donors (Lipinski definition) is 0. The van der Waals surface area contributed by atoms with Gasteiger partial charge in [0.1, 0.15) is 5.78 Å². The number of carbonyl (C=O) groups is 2. The maximum absolute atomic E-state index is 12.5. The lowest BCUT2D eigenvalue weighted by Crippen LogP contribution is -2.40. The molecule has 3 rings (SSSR count). The van der Waals surface area contributed by atoms with E-state index >= 15 is 0 Å². The van der Waals surface area contributed by atoms with Gasteiger partial charge in [-0.15, -0.1) is 0 Å². The first-order chi connectivity index (χ1) is 8.68. The number of hydrogen-bond acceptors (Lipinski definition) is 2. The molecule has 0 spiro atoms. The molecular formula is C15H23NO2. The second-order valence-electron chi connectivity index (χ2n) is 6.36. The van der Waals surface area contributed by atoms with Gasteiger partial charge in [-0.25, -0.2) is 0 Å². The van der Waals surface area contributed by atoms with Crippen LogP contribution in [-0.2, 0) is 9.59 Å². The maximum Gasteiger partial charge on any atom is 0.226 e. The van der Waals surface area contributed by atoms with E-state index in [1.54, 1.807) is 0 Å². The predicted octanol–water partition coefficient (Wildman–Crippen LogP) is 2.39. The Hall–Kier alpha value is -0.860. The molecule has 0 aliphatic heterocycles. The highest BCUT2D eigenvalue weighted by Gasteiger charge is 2.55. The highest BCUT2D eigenvalue weighted by atomic mass is 16.2. The van der Waals surface area contributed by atoms with Crippen LogP contribution in [0.3, 0.4) is 0 Å². The van der Waals surface area contributed by atoms with Gasteiger partial charge in [-0.2, -0.15) is 0 Å². The minimum absolute atomic E-state index is 0.317. The Morgan fingerprint density at radius 2 is 1.61 bits per heavy atom. The molecule has 3 saturated carbocycles. The largest absolute Gasteiger partial charge is 0.342 e. The van der Waals surface area contributed by atoms with Crippen molar-refractivity contribution in [3.05, 3.63) is 0 Å². The van der Waals surface area contributed by atoms with Crippen LogP contribution in [0.25, 0.3) is 0 Å². The molecule has 0 radical (unpaired) electrons. The fraction of sp³-hybridized carbons (Fsp3) is 0.867. The van der Waals surface area contributed by atoms with Crippen LogP contribution < -0.4 is 0 Å². The molecule has 3 heteroatoms. The number of nitrogens with zero attached hydrogens (tertiary/aromatic N) is 1.